The number of nitrogens with one attached hydrogen (secondary N) is 4. The zero-order chi connectivity index (χ0) is 39.9. The summed E-state index contributed by atoms with van der Waals surface area (Å²) in [6.45, 7) is 8.22. The van der Waals surface area contributed by atoms with Gasteiger partial charge in [-0.2, -0.15) is 0 Å². The fourth-order valence-corrected chi connectivity index (χ4v) is 8.25. The third-order valence-electron chi connectivity index (χ3n) is 11.3. The van der Waals surface area contributed by atoms with Crippen LogP contribution in [0.4, 0.5) is 9.59 Å². The van der Waals surface area contributed by atoms with Gasteiger partial charge in [-0.25, -0.2) is 30.0 Å². The number of carbonyl (C=O) groups is 4. The van der Waals surface area contributed by atoms with E-state index in [2.05, 4.69) is 83.9 Å². The Balaban J connectivity index is 0.000000247. The number of alkyl carbamates (subject to hydrolysis) is 1. The van der Waals surface area contributed by atoms with Gasteiger partial charge in [-0.05, 0) is 86.0 Å². The highest BCUT2D eigenvalue weighted by atomic mass is 16.5. The molecule has 14 nitrogen and oxygen atoms in total. The first-order chi connectivity index (χ1) is 27.0. The van der Waals surface area contributed by atoms with Gasteiger partial charge < -0.3 is 29.7 Å². The van der Waals surface area contributed by atoms with Crippen LogP contribution in [0.15, 0.2) is 67.3 Å². The largest absolute Gasteiger partial charge is 0.453 e. The van der Waals surface area contributed by atoms with Crippen LogP contribution >= 0.6 is 0 Å². The van der Waals surface area contributed by atoms with E-state index in [1.165, 1.54) is 32.1 Å². The number of fused-ring (bicyclic) bond motifs is 2. The molecular formula is C42H54N8O6. The third kappa shape index (κ3) is 9.06. The lowest BCUT2D eigenvalue weighted by atomic mass is 9.88. The number of methoxy groups -OCH3 is 2. The van der Waals surface area contributed by atoms with Gasteiger partial charge in [0.05, 0.1) is 50.4 Å². The second-order valence-electron chi connectivity index (χ2n) is 15.5. The summed E-state index contributed by atoms with van der Waals surface area (Å²) in [5.74, 6) is 1.93. The van der Waals surface area contributed by atoms with Crippen molar-refractivity contribution in [1.82, 2.24) is 40.6 Å². The smallest absolute Gasteiger partial charge is 0.425 e. The van der Waals surface area contributed by atoms with Crippen molar-refractivity contribution in [3.8, 4) is 33.6 Å². The molecule has 1 saturated heterocycles. The van der Waals surface area contributed by atoms with E-state index in [0.717, 1.165) is 71.1 Å². The molecular weight excluding hydrogens is 713 g/mol. The van der Waals surface area contributed by atoms with Crippen LogP contribution in [0.3, 0.4) is 0 Å². The molecule has 5 atom stereocenters. The molecule has 3 heterocycles. The molecule has 4 amide bonds. The molecule has 7 rings (SSSR count). The maximum atomic E-state index is 13.4. The average molecular weight is 767 g/mol. The molecule has 2 bridgehead atoms. The first kappa shape index (κ1) is 40.0. The summed E-state index contributed by atoms with van der Waals surface area (Å²) >= 11 is 0. The lowest BCUT2D eigenvalue weighted by molar-refractivity contribution is -0.142. The molecule has 2 saturated carbocycles. The predicted molar refractivity (Wildman–Crippen MR) is 211 cm³/mol. The summed E-state index contributed by atoms with van der Waals surface area (Å²) in [6, 6.07) is 15.8. The number of hydrogen-bond donors (Lipinski definition) is 4. The number of likely N-dealkylation sites (tertiary alicyclic amines) is 1. The van der Waals surface area contributed by atoms with Crippen molar-refractivity contribution < 1.29 is 28.7 Å². The number of hydrazine groups is 1. The number of aromatic nitrogens is 4. The Labute approximate surface area is 328 Å². The van der Waals surface area contributed by atoms with E-state index in [9.17, 15) is 19.2 Å². The van der Waals surface area contributed by atoms with E-state index in [0.29, 0.717) is 12.5 Å². The first-order valence-electron chi connectivity index (χ1n) is 19.5. The fourth-order valence-electron chi connectivity index (χ4n) is 8.25. The Hall–Kier alpha value is -5.66. The summed E-state index contributed by atoms with van der Waals surface area (Å²) < 4.78 is 9.28. The average Bonchev–Trinajstić information content (AvgIpc) is 4.07. The van der Waals surface area contributed by atoms with Gasteiger partial charge in [0.15, 0.2) is 0 Å². The Kier molecular flexibility index (Phi) is 12.8. The Morgan fingerprint density at radius 3 is 2.00 bits per heavy atom. The van der Waals surface area contributed by atoms with Gasteiger partial charge in [0, 0.05) is 18.5 Å². The molecule has 2 aromatic carbocycles. The Morgan fingerprint density at radius 2 is 1.46 bits per heavy atom. The molecule has 298 valence electrons. The Morgan fingerprint density at radius 1 is 0.821 bits per heavy atom. The van der Waals surface area contributed by atoms with Crippen LogP contribution in [0.5, 0.6) is 0 Å². The lowest BCUT2D eigenvalue weighted by Crippen LogP contribution is -2.52. The third-order valence-corrected chi connectivity index (χ3v) is 11.3. The molecule has 0 spiro atoms. The number of aromatic amines is 2. The van der Waals surface area contributed by atoms with Crippen LogP contribution in [-0.2, 0) is 19.1 Å². The monoisotopic (exact) mass is 766 g/mol. The van der Waals surface area contributed by atoms with Gasteiger partial charge in [0.1, 0.15) is 11.9 Å². The maximum Gasteiger partial charge on any atom is 0.425 e. The van der Waals surface area contributed by atoms with Gasteiger partial charge >= 0.3 is 12.2 Å². The van der Waals surface area contributed by atoms with E-state index in [1.807, 2.05) is 45.0 Å². The minimum absolute atomic E-state index is 0.0441. The molecule has 4 aromatic rings. The summed E-state index contributed by atoms with van der Waals surface area (Å²) in [4.78, 5) is 66.0. The highest BCUT2D eigenvalue weighted by Gasteiger charge is 2.45. The minimum Gasteiger partial charge on any atom is -0.453 e. The lowest BCUT2D eigenvalue weighted by Gasteiger charge is -2.31. The topological polar surface area (TPSA) is 175 Å². The molecule has 14 heteroatoms. The predicted octanol–water partition coefficient (Wildman–Crippen LogP) is 7.11. The van der Waals surface area contributed by atoms with Crippen LogP contribution in [-0.4, -0.2) is 86.7 Å². The normalized spacial score (nSPS) is 20.3. The first-order valence-corrected chi connectivity index (χ1v) is 19.5. The SMILES string of the molecule is COC(=O)NC(C(=O)N1CCCC1c1ncc(-c2ccc(-c3ccc(-c4cnc[nH]4)cc3)cc2)[nH]1)C(C)C.COC(=O)NN(C(=O)[C@H]1CC2CCC1C2)C(C)C. The van der Waals surface area contributed by atoms with E-state index in [1.54, 1.807) is 6.33 Å². The van der Waals surface area contributed by atoms with Gasteiger partial charge in [-0.3, -0.25) is 9.59 Å². The molecule has 3 fully saturated rings. The van der Waals surface area contributed by atoms with Gasteiger partial charge in [0.25, 0.3) is 0 Å². The second kappa shape index (κ2) is 17.9. The van der Waals surface area contributed by atoms with E-state index in [4.69, 9.17) is 4.74 Å². The molecule has 1 aliphatic heterocycles. The van der Waals surface area contributed by atoms with Crippen LogP contribution in [0.25, 0.3) is 33.6 Å². The second-order valence-corrected chi connectivity index (χ2v) is 15.5. The number of H-pyrrole nitrogens is 2. The molecule has 4 unspecified atom stereocenters. The summed E-state index contributed by atoms with van der Waals surface area (Å²) in [6.07, 6.45) is 10.4. The Bertz CT molecular complexity index is 1940. The van der Waals surface area contributed by atoms with Gasteiger partial charge in [-0.1, -0.05) is 68.8 Å². The van der Waals surface area contributed by atoms with Crippen LogP contribution in [0.1, 0.15) is 78.1 Å². The standard InChI is InChI=1S/C29H32N6O3.C13H22N2O3/c1-18(2)26(34-29(37)38-3)28(36)35-14-4-5-25(35)27-31-16-24(33-27)22-12-8-20(9-13-22)19-6-10-21(11-7-19)23-15-30-17-32-23;1-8(2)15(14-13(17)18-3)12(16)11-7-9-4-5-10(11)6-9/h6-13,15-18,25-26H,4-5,14H2,1-3H3,(H,30,32)(H,31,33)(H,34,37);8-11H,4-7H2,1-3H3,(H,14,17)/t;9?,10?,11-/m.0/s1. The number of nitrogens with zero attached hydrogens (tertiary/aromatic N) is 4. The van der Waals surface area contributed by atoms with Crippen molar-refractivity contribution in [2.75, 3.05) is 20.8 Å². The van der Waals surface area contributed by atoms with Crippen LogP contribution in [0, 0.1) is 23.7 Å². The number of benzene rings is 2. The van der Waals surface area contributed by atoms with Gasteiger partial charge in [-0.15, -0.1) is 0 Å². The molecule has 3 aliphatic rings. The van der Waals surface area contributed by atoms with Gasteiger partial charge in [0.2, 0.25) is 11.8 Å². The number of rotatable bonds is 9. The molecule has 56 heavy (non-hydrogen) atoms. The fraction of sp³-hybridized carbons (Fsp3) is 0.476. The highest BCUT2D eigenvalue weighted by molar-refractivity contribution is 5.86. The van der Waals surface area contributed by atoms with Crippen LogP contribution < -0.4 is 10.7 Å². The van der Waals surface area contributed by atoms with Crippen molar-refractivity contribution in [3.63, 3.8) is 0 Å². The number of carbonyl (C=O) groups excluding carboxylic acids is 4. The quantitative estimate of drug-likeness (QED) is 0.130. The van der Waals surface area contributed by atoms with Crippen molar-refractivity contribution >= 4 is 24.0 Å². The van der Waals surface area contributed by atoms with E-state index in [-0.39, 0.29) is 35.7 Å². The molecule has 4 N–H and O–H groups in total. The zero-order valence-electron chi connectivity index (χ0n) is 33.1. The van der Waals surface area contributed by atoms with Crippen LogP contribution in [0.2, 0.25) is 0 Å². The molecule has 0 radical (unpaired) electrons. The summed E-state index contributed by atoms with van der Waals surface area (Å²) in [5, 5.41) is 4.12. The maximum absolute atomic E-state index is 13.4. The number of ether oxygens (including phenoxy) is 2. The van der Waals surface area contributed by atoms with Crippen molar-refractivity contribution in [3.05, 3.63) is 73.1 Å². The number of hydrogen-bond acceptors (Lipinski definition) is 8. The van der Waals surface area contributed by atoms with Crippen molar-refractivity contribution in [1.29, 1.82) is 0 Å². The van der Waals surface area contributed by atoms with Crippen molar-refractivity contribution in [2.45, 2.75) is 84.3 Å². The van der Waals surface area contributed by atoms with E-state index >= 15 is 0 Å². The zero-order valence-corrected chi connectivity index (χ0v) is 33.1. The number of amides is 4. The number of imidazole rings is 2. The van der Waals surface area contributed by atoms with Crippen molar-refractivity contribution in [2.24, 2.45) is 23.7 Å². The molecule has 2 aliphatic carbocycles. The summed E-state index contributed by atoms with van der Waals surface area (Å²) in [5.41, 5.74) is 8.77. The molecule has 2 aromatic heterocycles. The highest BCUT2D eigenvalue weighted by Crippen LogP contribution is 2.49. The summed E-state index contributed by atoms with van der Waals surface area (Å²) in [7, 11) is 2.60. The minimum atomic E-state index is -0.654. The van der Waals surface area contributed by atoms with E-state index < -0.39 is 18.2 Å².